The van der Waals surface area contributed by atoms with Crippen molar-refractivity contribution in [2.45, 2.75) is 22.3 Å². The van der Waals surface area contributed by atoms with Crippen LogP contribution in [-0.2, 0) is 10.0 Å². The van der Waals surface area contributed by atoms with Crippen LogP contribution in [0.25, 0.3) is 0 Å². The molecule has 0 aromatic heterocycles. The van der Waals surface area contributed by atoms with Gasteiger partial charge >= 0.3 is 0 Å². The minimum Gasteiger partial charge on any atom is -0.207 e. The normalized spacial score (nSPS) is 18.0. The van der Waals surface area contributed by atoms with E-state index in [1.807, 2.05) is 24.3 Å². The van der Waals surface area contributed by atoms with Crippen LogP contribution < -0.4 is 4.72 Å². The molecule has 1 aliphatic heterocycles. The molecular formula is C15H13BrClNO2S2. The topological polar surface area (TPSA) is 46.2 Å². The van der Waals surface area contributed by atoms with Crippen LogP contribution in [0.15, 0.2) is 56.7 Å². The van der Waals surface area contributed by atoms with Crippen molar-refractivity contribution in [2.24, 2.45) is 0 Å². The molecule has 0 spiro atoms. The monoisotopic (exact) mass is 417 g/mol. The van der Waals surface area contributed by atoms with Crippen LogP contribution in [0.5, 0.6) is 0 Å². The first-order valence-corrected chi connectivity index (χ1v) is 10.3. The van der Waals surface area contributed by atoms with Gasteiger partial charge in [-0.25, -0.2) is 13.1 Å². The number of benzene rings is 2. The Morgan fingerprint density at radius 3 is 2.77 bits per heavy atom. The number of fused-ring (bicyclic) bond motifs is 1. The van der Waals surface area contributed by atoms with E-state index in [9.17, 15) is 8.42 Å². The van der Waals surface area contributed by atoms with Crippen LogP contribution in [0.3, 0.4) is 0 Å². The van der Waals surface area contributed by atoms with E-state index in [0.29, 0.717) is 0 Å². The minimum atomic E-state index is -3.66. The largest absolute Gasteiger partial charge is 0.242 e. The Hall–Kier alpha value is -0.530. The number of hydrogen-bond donors (Lipinski definition) is 1. The highest BCUT2D eigenvalue weighted by Gasteiger charge is 2.27. The van der Waals surface area contributed by atoms with Gasteiger partial charge in [-0.2, -0.15) is 0 Å². The molecule has 2 aromatic carbocycles. The highest BCUT2D eigenvalue weighted by molar-refractivity contribution is 9.10. The fraction of sp³-hybridized carbons (Fsp3) is 0.200. The lowest BCUT2D eigenvalue weighted by Crippen LogP contribution is -2.30. The van der Waals surface area contributed by atoms with Crippen molar-refractivity contribution in [1.82, 2.24) is 4.72 Å². The van der Waals surface area contributed by atoms with Crippen LogP contribution in [0.1, 0.15) is 18.0 Å². The van der Waals surface area contributed by atoms with Gasteiger partial charge in [0, 0.05) is 15.4 Å². The fourth-order valence-electron chi connectivity index (χ4n) is 2.41. The summed E-state index contributed by atoms with van der Waals surface area (Å²) in [7, 11) is -3.66. The number of nitrogens with one attached hydrogen (secondary N) is 1. The quantitative estimate of drug-likeness (QED) is 0.791. The Balaban J connectivity index is 1.93. The fourth-order valence-corrected chi connectivity index (χ4v) is 5.82. The average Bonchev–Trinajstić information content (AvgIpc) is 2.47. The van der Waals surface area contributed by atoms with E-state index >= 15 is 0 Å². The predicted molar refractivity (Wildman–Crippen MR) is 94.0 cm³/mol. The van der Waals surface area contributed by atoms with Gasteiger partial charge in [0.2, 0.25) is 10.0 Å². The molecule has 3 rings (SSSR count). The van der Waals surface area contributed by atoms with E-state index in [2.05, 4.69) is 20.7 Å². The number of rotatable bonds is 3. The summed E-state index contributed by atoms with van der Waals surface area (Å²) >= 11 is 11.1. The summed E-state index contributed by atoms with van der Waals surface area (Å²) in [5, 5.41) is 0.209. The second-order valence-electron chi connectivity index (χ2n) is 4.92. The first kappa shape index (κ1) is 16.3. The van der Waals surface area contributed by atoms with Crippen LogP contribution in [0.2, 0.25) is 5.02 Å². The second-order valence-corrected chi connectivity index (χ2v) is 9.07. The van der Waals surface area contributed by atoms with E-state index in [0.717, 1.165) is 27.1 Å². The summed E-state index contributed by atoms with van der Waals surface area (Å²) in [6.07, 6.45) is 0.759. The van der Waals surface area contributed by atoms with Gasteiger partial charge in [-0.1, -0.05) is 45.7 Å². The molecule has 0 unspecified atom stereocenters. The van der Waals surface area contributed by atoms with Crippen molar-refractivity contribution in [2.75, 3.05) is 5.75 Å². The van der Waals surface area contributed by atoms with Crippen molar-refractivity contribution in [1.29, 1.82) is 0 Å². The van der Waals surface area contributed by atoms with Gasteiger partial charge in [-0.15, -0.1) is 11.8 Å². The van der Waals surface area contributed by atoms with Crippen molar-refractivity contribution in [3.05, 3.63) is 57.5 Å². The molecule has 1 heterocycles. The van der Waals surface area contributed by atoms with Crippen molar-refractivity contribution >= 4 is 49.3 Å². The van der Waals surface area contributed by atoms with Gasteiger partial charge in [0.25, 0.3) is 0 Å². The maximum Gasteiger partial charge on any atom is 0.242 e. The van der Waals surface area contributed by atoms with E-state index < -0.39 is 10.0 Å². The molecule has 0 saturated heterocycles. The molecule has 3 nitrogen and oxygen atoms in total. The molecule has 116 valence electrons. The summed E-state index contributed by atoms with van der Waals surface area (Å²) in [6.45, 7) is 0. The summed E-state index contributed by atoms with van der Waals surface area (Å²) < 4.78 is 28.8. The highest BCUT2D eigenvalue weighted by Crippen LogP contribution is 2.37. The van der Waals surface area contributed by atoms with E-state index in [-0.39, 0.29) is 16.0 Å². The Labute approximate surface area is 147 Å². The summed E-state index contributed by atoms with van der Waals surface area (Å²) in [5.41, 5.74) is 1.02. The van der Waals surface area contributed by atoms with Crippen LogP contribution in [0, 0.1) is 0 Å². The van der Waals surface area contributed by atoms with Gasteiger partial charge < -0.3 is 0 Å². The van der Waals surface area contributed by atoms with Crippen LogP contribution in [-0.4, -0.2) is 14.2 Å². The van der Waals surface area contributed by atoms with Crippen molar-refractivity contribution in [3.8, 4) is 0 Å². The minimum absolute atomic E-state index is 0.105. The molecule has 1 aliphatic rings. The lowest BCUT2D eigenvalue weighted by atomic mass is 10.1. The molecule has 0 amide bonds. The number of sulfonamides is 1. The highest BCUT2D eigenvalue weighted by atomic mass is 79.9. The standard InChI is InChI=1S/C15H13BrClNO2S2/c16-10-5-6-15(12(17)9-10)22(19,20)18-13-7-8-21-14-4-2-1-3-11(13)14/h1-6,9,13,18H,7-8H2/t13-/m0/s1. The Kier molecular flexibility index (Phi) is 4.85. The van der Waals surface area contributed by atoms with Crippen LogP contribution >= 0.6 is 39.3 Å². The van der Waals surface area contributed by atoms with E-state index in [1.165, 1.54) is 6.07 Å². The summed E-state index contributed by atoms with van der Waals surface area (Å²) in [5.74, 6) is 0.887. The molecule has 2 aromatic rings. The molecular weight excluding hydrogens is 406 g/mol. The lowest BCUT2D eigenvalue weighted by molar-refractivity contribution is 0.546. The predicted octanol–water partition coefficient (Wildman–Crippen LogP) is 4.62. The molecule has 0 bridgehead atoms. The van der Waals surface area contributed by atoms with Gasteiger partial charge in [-0.3, -0.25) is 0 Å². The van der Waals surface area contributed by atoms with Gasteiger partial charge in [0.1, 0.15) is 4.90 Å². The van der Waals surface area contributed by atoms with Crippen molar-refractivity contribution in [3.63, 3.8) is 0 Å². The SMILES string of the molecule is O=S(=O)(N[C@H]1CCSc2ccccc21)c1ccc(Br)cc1Cl. The number of hydrogen-bond acceptors (Lipinski definition) is 3. The van der Waals surface area contributed by atoms with Crippen LogP contribution in [0.4, 0.5) is 0 Å². The third-order valence-corrected chi connectivity index (χ3v) is 7.01. The molecule has 0 radical (unpaired) electrons. The molecule has 1 atom stereocenters. The Morgan fingerprint density at radius 1 is 1.23 bits per heavy atom. The summed E-state index contributed by atoms with van der Waals surface area (Å²) in [6, 6.07) is 12.4. The molecule has 7 heteroatoms. The zero-order chi connectivity index (χ0) is 15.7. The van der Waals surface area contributed by atoms with Gasteiger partial charge in [0.05, 0.1) is 5.02 Å². The van der Waals surface area contributed by atoms with Gasteiger partial charge in [0.15, 0.2) is 0 Å². The zero-order valence-electron chi connectivity index (χ0n) is 11.4. The molecule has 0 fully saturated rings. The summed E-state index contributed by atoms with van der Waals surface area (Å²) in [4.78, 5) is 1.23. The molecule has 0 saturated carbocycles. The number of thioether (sulfide) groups is 1. The average molecular weight is 419 g/mol. The zero-order valence-corrected chi connectivity index (χ0v) is 15.4. The number of halogens is 2. The van der Waals surface area contributed by atoms with E-state index in [4.69, 9.17) is 11.6 Å². The maximum absolute atomic E-state index is 12.6. The second kappa shape index (κ2) is 6.53. The molecule has 0 aliphatic carbocycles. The first-order chi connectivity index (χ1) is 10.5. The smallest absolute Gasteiger partial charge is 0.207 e. The Bertz CT molecular complexity index is 811. The third-order valence-electron chi connectivity index (χ3n) is 3.44. The van der Waals surface area contributed by atoms with Gasteiger partial charge in [-0.05, 0) is 42.0 Å². The van der Waals surface area contributed by atoms with Crippen molar-refractivity contribution < 1.29 is 8.42 Å². The van der Waals surface area contributed by atoms with E-state index in [1.54, 1.807) is 23.9 Å². The first-order valence-electron chi connectivity index (χ1n) is 6.66. The molecule has 1 N–H and O–H groups in total. The maximum atomic E-state index is 12.6. The Morgan fingerprint density at radius 2 is 2.00 bits per heavy atom. The third kappa shape index (κ3) is 3.36. The lowest BCUT2D eigenvalue weighted by Gasteiger charge is -2.25. The molecule has 22 heavy (non-hydrogen) atoms.